The first-order valence-electron chi connectivity index (χ1n) is 6.07. The van der Waals surface area contributed by atoms with Gasteiger partial charge in [0, 0.05) is 19.3 Å². The van der Waals surface area contributed by atoms with Crippen LogP contribution in [0.4, 0.5) is 0 Å². The Balaban J connectivity index is 3.98. The van der Waals surface area contributed by atoms with Crippen molar-refractivity contribution in [2.45, 2.75) is 58.5 Å². The molecule has 0 fully saturated rings. The first kappa shape index (κ1) is 15.4. The number of carbonyl (C=O) groups is 1. The van der Waals surface area contributed by atoms with Crippen LogP contribution in [0.1, 0.15) is 47.0 Å². The van der Waals surface area contributed by atoms with E-state index in [2.05, 4.69) is 5.32 Å². The highest BCUT2D eigenvalue weighted by Crippen LogP contribution is 2.14. The standard InChI is InChI=1S/C12H26N2O2/c1-5-16-9-7-6-8-12(4,11(13)15)14-10(2)3/h10,14H,5-9H2,1-4H3,(H2,13,15). The molecule has 0 aliphatic rings. The fourth-order valence-corrected chi connectivity index (χ4v) is 1.73. The highest BCUT2D eigenvalue weighted by atomic mass is 16.5. The van der Waals surface area contributed by atoms with Gasteiger partial charge in [-0.25, -0.2) is 0 Å². The monoisotopic (exact) mass is 230 g/mol. The maximum absolute atomic E-state index is 11.4. The van der Waals surface area contributed by atoms with Crippen LogP contribution in [0, 0.1) is 0 Å². The van der Waals surface area contributed by atoms with E-state index in [4.69, 9.17) is 10.5 Å². The van der Waals surface area contributed by atoms with Crippen molar-refractivity contribution in [1.82, 2.24) is 5.32 Å². The zero-order valence-corrected chi connectivity index (χ0v) is 11.0. The predicted octanol–water partition coefficient (Wildman–Crippen LogP) is 1.44. The number of rotatable bonds is 9. The summed E-state index contributed by atoms with van der Waals surface area (Å²) in [5.74, 6) is -0.280. The minimum Gasteiger partial charge on any atom is -0.382 e. The summed E-state index contributed by atoms with van der Waals surface area (Å²) < 4.78 is 5.25. The number of carbonyl (C=O) groups excluding carboxylic acids is 1. The Morgan fingerprint density at radius 3 is 2.50 bits per heavy atom. The molecule has 0 aromatic carbocycles. The second-order valence-electron chi connectivity index (χ2n) is 4.65. The Kier molecular flexibility index (Phi) is 7.34. The summed E-state index contributed by atoms with van der Waals surface area (Å²) in [6, 6.07) is 0.254. The van der Waals surface area contributed by atoms with E-state index < -0.39 is 5.54 Å². The molecule has 16 heavy (non-hydrogen) atoms. The summed E-state index contributed by atoms with van der Waals surface area (Å²) >= 11 is 0. The summed E-state index contributed by atoms with van der Waals surface area (Å²) in [6.45, 7) is 9.39. The molecule has 4 nitrogen and oxygen atoms in total. The molecule has 4 heteroatoms. The van der Waals surface area contributed by atoms with E-state index >= 15 is 0 Å². The highest BCUT2D eigenvalue weighted by molar-refractivity contribution is 5.84. The lowest BCUT2D eigenvalue weighted by Gasteiger charge is -2.29. The van der Waals surface area contributed by atoms with Crippen molar-refractivity contribution in [3.63, 3.8) is 0 Å². The van der Waals surface area contributed by atoms with Gasteiger partial charge in [0.15, 0.2) is 0 Å². The average Bonchev–Trinajstić information content (AvgIpc) is 2.16. The van der Waals surface area contributed by atoms with E-state index in [0.717, 1.165) is 32.5 Å². The van der Waals surface area contributed by atoms with Gasteiger partial charge >= 0.3 is 0 Å². The Bertz CT molecular complexity index is 207. The van der Waals surface area contributed by atoms with Crippen LogP contribution in [0.15, 0.2) is 0 Å². The van der Waals surface area contributed by atoms with Crippen molar-refractivity contribution in [2.24, 2.45) is 5.73 Å². The SMILES string of the molecule is CCOCCCCC(C)(NC(C)C)C(N)=O. The Morgan fingerprint density at radius 1 is 1.44 bits per heavy atom. The summed E-state index contributed by atoms with van der Waals surface area (Å²) in [5.41, 5.74) is 4.83. The molecular formula is C12H26N2O2. The van der Waals surface area contributed by atoms with E-state index in [9.17, 15) is 4.79 Å². The zero-order chi connectivity index (χ0) is 12.6. The molecule has 1 unspecified atom stereocenters. The van der Waals surface area contributed by atoms with E-state index in [-0.39, 0.29) is 11.9 Å². The van der Waals surface area contributed by atoms with Crippen molar-refractivity contribution in [3.8, 4) is 0 Å². The zero-order valence-electron chi connectivity index (χ0n) is 11.0. The second kappa shape index (κ2) is 7.63. The van der Waals surface area contributed by atoms with E-state index in [1.54, 1.807) is 0 Å². The summed E-state index contributed by atoms with van der Waals surface area (Å²) in [5, 5.41) is 3.23. The molecule has 0 aromatic heterocycles. The van der Waals surface area contributed by atoms with Gasteiger partial charge in [0.1, 0.15) is 0 Å². The molecule has 0 saturated carbocycles. The van der Waals surface area contributed by atoms with E-state index in [1.807, 2.05) is 27.7 Å². The van der Waals surface area contributed by atoms with Crippen molar-refractivity contribution >= 4 is 5.91 Å². The van der Waals surface area contributed by atoms with E-state index in [1.165, 1.54) is 0 Å². The second-order valence-corrected chi connectivity index (χ2v) is 4.65. The van der Waals surface area contributed by atoms with Crippen LogP contribution in [-0.4, -0.2) is 30.7 Å². The van der Waals surface area contributed by atoms with Crippen LogP contribution < -0.4 is 11.1 Å². The summed E-state index contributed by atoms with van der Waals surface area (Å²) in [6.07, 6.45) is 2.67. The van der Waals surface area contributed by atoms with Gasteiger partial charge in [-0.2, -0.15) is 0 Å². The number of nitrogens with one attached hydrogen (secondary N) is 1. The maximum atomic E-state index is 11.4. The van der Waals surface area contributed by atoms with Gasteiger partial charge in [0.05, 0.1) is 5.54 Å². The van der Waals surface area contributed by atoms with Crippen LogP contribution in [-0.2, 0) is 9.53 Å². The smallest absolute Gasteiger partial charge is 0.237 e. The molecule has 0 heterocycles. The van der Waals surface area contributed by atoms with Crippen LogP contribution in [0.5, 0.6) is 0 Å². The van der Waals surface area contributed by atoms with Gasteiger partial charge in [-0.05, 0) is 47.0 Å². The Labute approximate surface area is 98.9 Å². The number of hydrogen-bond acceptors (Lipinski definition) is 3. The number of amides is 1. The van der Waals surface area contributed by atoms with Gasteiger partial charge in [0.25, 0.3) is 0 Å². The van der Waals surface area contributed by atoms with Crippen LogP contribution in [0.2, 0.25) is 0 Å². The van der Waals surface area contributed by atoms with Gasteiger partial charge in [-0.1, -0.05) is 0 Å². The molecule has 0 radical (unpaired) electrons. The lowest BCUT2D eigenvalue weighted by molar-refractivity contribution is -0.124. The first-order chi connectivity index (χ1) is 7.42. The lowest BCUT2D eigenvalue weighted by Crippen LogP contribution is -2.55. The largest absolute Gasteiger partial charge is 0.382 e. The van der Waals surface area contributed by atoms with Gasteiger partial charge in [-0.15, -0.1) is 0 Å². The maximum Gasteiger partial charge on any atom is 0.237 e. The molecule has 0 aliphatic carbocycles. The molecule has 1 amide bonds. The Hall–Kier alpha value is -0.610. The quantitative estimate of drug-likeness (QED) is 0.589. The Morgan fingerprint density at radius 2 is 2.06 bits per heavy atom. The van der Waals surface area contributed by atoms with Crippen molar-refractivity contribution in [2.75, 3.05) is 13.2 Å². The number of ether oxygens (including phenoxy) is 1. The minimum atomic E-state index is -0.597. The van der Waals surface area contributed by atoms with Gasteiger partial charge in [0.2, 0.25) is 5.91 Å². The molecule has 96 valence electrons. The average molecular weight is 230 g/mol. The van der Waals surface area contributed by atoms with Crippen molar-refractivity contribution in [1.29, 1.82) is 0 Å². The third-order valence-corrected chi connectivity index (χ3v) is 2.57. The van der Waals surface area contributed by atoms with Crippen molar-refractivity contribution in [3.05, 3.63) is 0 Å². The fourth-order valence-electron chi connectivity index (χ4n) is 1.73. The molecule has 0 saturated heterocycles. The number of unbranched alkanes of at least 4 members (excludes halogenated alkanes) is 1. The molecule has 0 spiro atoms. The van der Waals surface area contributed by atoms with Crippen LogP contribution >= 0.6 is 0 Å². The highest BCUT2D eigenvalue weighted by Gasteiger charge is 2.30. The number of nitrogens with two attached hydrogens (primary N) is 1. The lowest BCUT2D eigenvalue weighted by atomic mass is 9.93. The number of hydrogen-bond donors (Lipinski definition) is 2. The third kappa shape index (κ3) is 6.08. The van der Waals surface area contributed by atoms with Gasteiger partial charge < -0.3 is 15.8 Å². The van der Waals surface area contributed by atoms with Crippen LogP contribution in [0.3, 0.4) is 0 Å². The first-order valence-corrected chi connectivity index (χ1v) is 6.07. The summed E-state index contributed by atoms with van der Waals surface area (Å²) in [7, 11) is 0. The molecule has 0 rings (SSSR count). The molecule has 0 aliphatic heterocycles. The summed E-state index contributed by atoms with van der Waals surface area (Å²) in [4.78, 5) is 11.4. The minimum absolute atomic E-state index is 0.254. The number of primary amides is 1. The van der Waals surface area contributed by atoms with Crippen molar-refractivity contribution < 1.29 is 9.53 Å². The fraction of sp³-hybridized carbons (Fsp3) is 0.917. The molecule has 0 aromatic rings. The molecular weight excluding hydrogens is 204 g/mol. The molecule has 1 atom stereocenters. The molecule has 0 bridgehead atoms. The normalized spacial score (nSPS) is 15.1. The predicted molar refractivity (Wildman–Crippen MR) is 66.2 cm³/mol. The van der Waals surface area contributed by atoms with E-state index in [0.29, 0.717) is 0 Å². The topological polar surface area (TPSA) is 64.3 Å². The van der Waals surface area contributed by atoms with Gasteiger partial charge in [-0.3, -0.25) is 4.79 Å². The van der Waals surface area contributed by atoms with Crippen LogP contribution in [0.25, 0.3) is 0 Å². The molecule has 3 N–H and O–H groups in total. The third-order valence-electron chi connectivity index (χ3n) is 2.57.